The molecule has 298 valence electrons. The standard InChI is InChI=1S/C34H38FN5O4.C7H12FN.C2H3N/c1-4-25-28(35)11-10-23-7-5-8-26(32(23)25)30-21-29-27(22-44-30)33(37-34(36-29)43-3)40-19-17-39(18-20-40)31(41)9-6-14-38-15-12-24(42-2)13-16-38;8-6-4-7-2-1-3-9(7)5-6;1-2-3/h1,5-11,24,30H,12-22H2,2-3H3;6-7H,1-5H2;1H3/b9-6+;;. The third-order valence-electron chi connectivity index (χ3n) is 11.4. The molecule has 0 radical (unpaired) electrons. The summed E-state index contributed by atoms with van der Waals surface area (Å²) in [6, 6.07) is 11.6. The van der Waals surface area contributed by atoms with Gasteiger partial charge in [-0.15, -0.1) is 6.42 Å². The Kier molecular flexibility index (Phi) is 14.2. The Hall–Kier alpha value is -4.66. The van der Waals surface area contributed by atoms with Crippen molar-refractivity contribution in [3.05, 3.63) is 70.7 Å². The zero-order valence-corrected chi connectivity index (χ0v) is 32.8. The Morgan fingerprint density at radius 2 is 1.84 bits per heavy atom. The van der Waals surface area contributed by atoms with Crippen LogP contribution in [-0.4, -0.2) is 122 Å². The minimum absolute atomic E-state index is 0.0303. The number of likely N-dealkylation sites (tertiary alicyclic amines) is 1. The van der Waals surface area contributed by atoms with E-state index in [2.05, 4.69) is 25.6 Å². The van der Waals surface area contributed by atoms with Gasteiger partial charge >= 0.3 is 6.01 Å². The molecule has 3 atom stereocenters. The van der Waals surface area contributed by atoms with E-state index in [1.54, 1.807) is 32.4 Å². The van der Waals surface area contributed by atoms with Crippen molar-refractivity contribution in [2.75, 3.05) is 78.0 Å². The van der Waals surface area contributed by atoms with Crippen molar-refractivity contribution >= 4 is 22.5 Å². The minimum Gasteiger partial charge on any atom is -0.467 e. The molecule has 0 aliphatic carbocycles. The molecule has 6 heterocycles. The fraction of sp³-hybridized carbons (Fsp3) is 0.535. The van der Waals surface area contributed by atoms with Gasteiger partial charge in [0.05, 0.1) is 43.3 Å². The number of anilines is 1. The molecule has 4 saturated heterocycles. The van der Waals surface area contributed by atoms with Gasteiger partial charge in [0.1, 0.15) is 17.8 Å². The van der Waals surface area contributed by atoms with Crippen LogP contribution in [0.1, 0.15) is 67.5 Å². The van der Waals surface area contributed by atoms with E-state index in [-0.39, 0.29) is 23.6 Å². The number of hydrogen-bond acceptors (Lipinski definition) is 10. The van der Waals surface area contributed by atoms with Gasteiger partial charge in [0.25, 0.3) is 0 Å². The highest BCUT2D eigenvalue weighted by Crippen LogP contribution is 2.39. The van der Waals surface area contributed by atoms with Gasteiger partial charge in [-0.25, -0.2) is 8.78 Å². The first-order valence-electron chi connectivity index (χ1n) is 19.6. The predicted molar refractivity (Wildman–Crippen MR) is 211 cm³/mol. The Bertz CT molecular complexity index is 1920. The van der Waals surface area contributed by atoms with Crippen molar-refractivity contribution in [1.29, 1.82) is 5.26 Å². The second-order valence-corrected chi connectivity index (χ2v) is 14.8. The Labute approximate surface area is 329 Å². The second-order valence-electron chi connectivity index (χ2n) is 14.8. The van der Waals surface area contributed by atoms with Gasteiger partial charge in [0, 0.05) is 95.9 Å². The molecule has 0 N–H and O–H groups in total. The highest BCUT2D eigenvalue weighted by atomic mass is 19.1. The number of nitrogens with zero attached hydrogens (tertiary/aromatic N) is 7. The molecule has 5 aliphatic rings. The summed E-state index contributed by atoms with van der Waals surface area (Å²) >= 11 is 0. The number of rotatable bonds is 7. The summed E-state index contributed by atoms with van der Waals surface area (Å²) in [5, 5.41) is 8.87. The lowest BCUT2D eigenvalue weighted by Gasteiger charge is -2.37. The Morgan fingerprint density at radius 3 is 2.54 bits per heavy atom. The van der Waals surface area contributed by atoms with Gasteiger partial charge in [-0.1, -0.05) is 36.3 Å². The van der Waals surface area contributed by atoms with Crippen LogP contribution in [0.2, 0.25) is 0 Å². The van der Waals surface area contributed by atoms with Crippen LogP contribution >= 0.6 is 0 Å². The lowest BCUT2D eigenvalue weighted by atomic mass is 9.92. The number of fused-ring (bicyclic) bond motifs is 3. The first-order chi connectivity index (χ1) is 27.3. The topological polar surface area (TPSA) is 107 Å². The smallest absolute Gasteiger partial charge is 0.318 e. The van der Waals surface area contributed by atoms with Crippen LogP contribution in [0.5, 0.6) is 6.01 Å². The lowest BCUT2D eigenvalue weighted by Crippen LogP contribution is -2.49. The monoisotopic (exact) mass is 769 g/mol. The zero-order valence-electron chi connectivity index (χ0n) is 32.8. The first kappa shape index (κ1) is 41.0. The van der Waals surface area contributed by atoms with Crippen molar-refractivity contribution in [3.8, 4) is 24.4 Å². The van der Waals surface area contributed by atoms with E-state index in [1.165, 1.54) is 25.8 Å². The number of aromatic nitrogens is 2. The number of methoxy groups -OCH3 is 2. The average molecular weight is 770 g/mol. The van der Waals surface area contributed by atoms with Crippen LogP contribution in [-0.2, 0) is 27.3 Å². The third kappa shape index (κ3) is 9.64. The SMILES string of the molecule is C#Cc1c(F)ccc2cccc(C3Cc4nc(OC)nc(N5CCN(C(=O)/C=C/CN6CCC(OC)CC6)CC5)c4CO3)c12.CC#N.FC1CC2CCCN2C1. The molecular weight excluding hydrogens is 717 g/mol. The fourth-order valence-electron chi connectivity index (χ4n) is 8.48. The maximum Gasteiger partial charge on any atom is 0.318 e. The first-order valence-corrected chi connectivity index (χ1v) is 19.6. The van der Waals surface area contributed by atoms with E-state index < -0.39 is 12.0 Å². The van der Waals surface area contributed by atoms with Gasteiger partial charge in [-0.05, 0) is 55.7 Å². The Balaban J connectivity index is 0.000000378. The molecule has 13 heteroatoms. The fourth-order valence-corrected chi connectivity index (χ4v) is 8.48. The zero-order chi connectivity index (χ0) is 39.6. The highest BCUT2D eigenvalue weighted by molar-refractivity contribution is 5.91. The van der Waals surface area contributed by atoms with Crippen LogP contribution in [0.25, 0.3) is 10.8 Å². The Morgan fingerprint density at radius 1 is 1.07 bits per heavy atom. The van der Waals surface area contributed by atoms with Gasteiger partial charge in [0.15, 0.2) is 0 Å². The number of hydrogen-bond donors (Lipinski definition) is 0. The average Bonchev–Trinajstić information content (AvgIpc) is 3.82. The highest BCUT2D eigenvalue weighted by Gasteiger charge is 2.35. The van der Waals surface area contributed by atoms with Crippen LogP contribution < -0.4 is 9.64 Å². The number of carbonyl (C=O) groups excluding carboxylic acids is 1. The molecule has 11 nitrogen and oxygen atoms in total. The molecule has 3 unspecified atom stereocenters. The molecule has 4 fully saturated rings. The van der Waals surface area contributed by atoms with Gasteiger partial charge in [0.2, 0.25) is 5.91 Å². The van der Waals surface area contributed by atoms with Crippen LogP contribution in [0.4, 0.5) is 14.6 Å². The molecule has 0 spiro atoms. The lowest BCUT2D eigenvalue weighted by molar-refractivity contribution is -0.126. The maximum atomic E-state index is 14.6. The summed E-state index contributed by atoms with van der Waals surface area (Å²) < 4.78 is 44.6. The quantitative estimate of drug-likeness (QED) is 0.223. The number of carbonyl (C=O) groups is 1. The van der Waals surface area contributed by atoms with Crippen LogP contribution in [0.15, 0.2) is 42.5 Å². The molecular formula is C43H53F2N7O4. The molecule has 0 saturated carbocycles. The minimum atomic E-state index is -0.518. The maximum absolute atomic E-state index is 14.6. The van der Waals surface area contributed by atoms with Gasteiger partial charge < -0.3 is 24.0 Å². The van der Waals surface area contributed by atoms with Gasteiger partial charge in [-0.3, -0.25) is 14.6 Å². The number of benzene rings is 2. The molecule has 56 heavy (non-hydrogen) atoms. The van der Waals surface area contributed by atoms with E-state index in [4.69, 9.17) is 30.9 Å². The second kappa shape index (κ2) is 19.5. The van der Waals surface area contributed by atoms with Crippen LogP contribution in [0, 0.1) is 29.5 Å². The number of alkyl halides is 1. The van der Waals surface area contributed by atoms with Crippen molar-refractivity contribution in [2.24, 2.45) is 0 Å². The molecule has 2 aromatic carbocycles. The number of amides is 1. The number of piperidine rings is 1. The molecule has 0 bridgehead atoms. The summed E-state index contributed by atoms with van der Waals surface area (Å²) in [4.78, 5) is 31.0. The van der Waals surface area contributed by atoms with E-state index in [0.717, 1.165) is 73.5 Å². The van der Waals surface area contributed by atoms with E-state index in [9.17, 15) is 13.6 Å². The number of nitriles is 1. The van der Waals surface area contributed by atoms with Crippen molar-refractivity contribution in [2.45, 2.75) is 76.5 Å². The number of halogens is 2. The van der Waals surface area contributed by atoms with E-state index in [1.807, 2.05) is 29.2 Å². The normalized spacial score (nSPS) is 22.7. The molecule has 3 aromatic rings. The van der Waals surface area contributed by atoms with Crippen molar-refractivity contribution < 1.29 is 27.8 Å². The van der Waals surface area contributed by atoms with E-state index in [0.29, 0.717) is 63.3 Å². The summed E-state index contributed by atoms with van der Waals surface area (Å²) in [6.45, 7) is 8.76. The third-order valence-corrected chi connectivity index (χ3v) is 11.4. The van der Waals surface area contributed by atoms with Crippen molar-refractivity contribution in [3.63, 3.8) is 0 Å². The van der Waals surface area contributed by atoms with Crippen molar-refractivity contribution in [1.82, 2.24) is 24.7 Å². The number of piperazine rings is 1. The molecule has 5 aliphatic heterocycles. The molecule has 8 rings (SSSR count). The van der Waals surface area contributed by atoms with Crippen LogP contribution in [0.3, 0.4) is 0 Å². The summed E-state index contributed by atoms with van der Waals surface area (Å²) in [6.07, 6.45) is 14.7. The molecule has 1 amide bonds. The molecule has 1 aromatic heterocycles. The number of ether oxygens (including phenoxy) is 3. The summed E-state index contributed by atoms with van der Waals surface area (Å²) in [5.41, 5.74) is 2.80. The van der Waals surface area contributed by atoms with Gasteiger partial charge in [-0.2, -0.15) is 15.2 Å². The summed E-state index contributed by atoms with van der Waals surface area (Å²) in [5.74, 6) is 2.90. The summed E-state index contributed by atoms with van der Waals surface area (Å²) in [7, 11) is 3.32. The predicted octanol–water partition coefficient (Wildman–Crippen LogP) is 5.61. The number of terminal acetylenes is 1. The largest absolute Gasteiger partial charge is 0.467 e. The van der Waals surface area contributed by atoms with E-state index >= 15 is 0 Å².